The molecule has 4 amide bonds. The van der Waals surface area contributed by atoms with E-state index in [1.807, 2.05) is 18.2 Å². The average molecular weight is 798 g/mol. The van der Waals surface area contributed by atoms with Gasteiger partial charge in [0.15, 0.2) is 5.82 Å². The Kier molecular flexibility index (Phi) is 12.1. The van der Waals surface area contributed by atoms with Crippen molar-refractivity contribution in [2.45, 2.75) is 108 Å². The lowest BCUT2D eigenvalue weighted by molar-refractivity contribution is -0.133. The summed E-state index contributed by atoms with van der Waals surface area (Å²) in [5, 5.41) is 12.1. The van der Waals surface area contributed by atoms with E-state index in [0.29, 0.717) is 48.3 Å². The number of benzene rings is 2. The molecule has 1 aromatic heterocycles. The number of carbonyl (C=O) groups excluding carboxylic acids is 4. The Morgan fingerprint density at radius 2 is 1.55 bits per heavy atom. The molecule has 13 nitrogen and oxygen atoms in total. The van der Waals surface area contributed by atoms with E-state index in [4.69, 9.17) is 0 Å². The van der Waals surface area contributed by atoms with E-state index in [2.05, 4.69) is 41.0 Å². The number of anilines is 4. The molecule has 0 spiro atoms. The van der Waals surface area contributed by atoms with Crippen molar-refractivity contribution in [2.75, 3.05) is 53.2 Å². The number of halogens is 2. The van der Waals surface area contributed by atoms with Crippen LogP contribution in [0.25, 0.3) is 11.3 Å². The molecule has 5 fully saturated rings. The van der Waals surface area contributed by atoms with Crippen LogP contribution in [0.4, 0.5) is 31.8 Å². The summed E-state index contributed by atoms with van der Waals surface area (Å²) in [6.07, 6.45) is 11.0. The number of hydrogen-bond donors (Lipinski definition) is 4. The highest BCUT2D eigenvalue weighted by atomic mass is 19.1. The van der Waals surface area contributed by atoms with E-state index in [-0.39, 0.29) is 59.6 Å². The average Bonchev–Trinajstić information content (AvgIpc) is 3.24. The molecule has 8 rings (SSSR count). The third-order valence-corrected chi connectivity index (χ3v) is 12.7. The lowest BCUT2D eigenvalue weighted by Gasteiger charge is -2.42. The first-order valence-corrected chi connectivity index (χ1v) is 21.1. The van der Waals surface area contributed by atoms with Gasteiger partial charge in [-0.05, 0) is 114 Å². The van der Waals surface area contributed by atoms with Crippen LogP contribution in [0.1, 0.15) is 83.5 Å². The van der Waals surface area contributed by atoms with E-state index in [9.17, 15) is 23.6 Å². The topological polar surface area (TPSA) is 152 Å². The summed E-state index contributed by atoms with van der Waals surface area (Å²) < 4.78 is 30.2. The van der Waals surface area contributed by atoms with Gasteiger partial charge in [-0.2, -0.15) is 0 Å². The molecule has 0 bridgehead atoms. The molecule has 308 valence electrons. The minimum absolute atomic E-state index is 0.00819. The zero-order valence-corrected chi connectivity index (χ0v) is 32.9. The molecular weight excluding hydrogens is 745 g/mol. The van der Waals surface area contributed by atoms with E-state index in [1.54, 1.807) is 23.1 Å². The molecule has 1 unspecified atom stereocenters. The SMILES string of the molecule is O=C1CCC(Nc2ccc(N3CCC(N4CCC(C(=O)NC5CCC(Nc6ncc(F)c(-c7cccc(N8CCCCC8=O)c7)n6)CC5)CC4)CC3)c(F)c2)C(=O)N1. The van der Waals surface area contributed by atoms with Gasteiger partial charge in [0.25, 0.3) is 0 Å². The minimum Gasteiger partial charge on any atom is -0.374 e. The number of aromatic nitrogens is 2. The maximum absolute atomic E-state index is 15.2. The second kappa shape index (κ2) is 17.8. The molecule has 4 aliphatic heterocycles. The van der Waals surface area contributed by atoms with Crippen LogP contribution in [0.15, 0.2) is 48.7 Å². The van der Waals surface area contributed by atoms with Gasteiger partial charge in [-0.15, -0.1) is 0 Å². The quantitative estimate of drug-likeness (QED) is 0.197. The molecule has 5 aliphatic rings. The Morgan fingerprint density at radius 3 is 2.29 bits per heavy atom. The number of hydrogen-bond acceptors (Lipinski definition) is 10. The predicted molar refractivity (Wildman–Crippen MR) is 217 cm³/mol. The number of nitrogens with one attached hydrogen (secondary N) is 4. The van der Waals surface area contributed by atoms with Crippen molar-refractivity contribution in [3.63, 3.8) is 0 Å². The first-order valence-electron chi connectivity index (χ1n) is 21.1. The number of piperidine rings is 4. The Balaban J connectivity index is 0.754. The van der Waals surface area contributed by atoms with Gasteiger partial charge < -0.3 is 30.7 Å². The molecule has 1 atom stereocenters. The van der Waals surface area contributed by atoms with Crippen molar-refractivity contribution >= 4 is 46.6 Å². The van der Waals surface area contributed by atoms with Crippen LogP contribution in [0.3, 0.4) is 0 Å². The van der Waals surface area contributed by atoms with Crippen LogP contribution in [0.2, 0.25) is 0 Å². The molecule has 3 aromatic rings. The Bertz CT molecular complexity index is 1990. The number of likely N-dealkylation sites (tertiary alicyclic amines) is 1. The Morgan fingerprint density at radius 1 is 0.776 bits per heavy atom. The van der Waals surface area contributed by atoms with Gasteiger partial charge in [0.05, 0.1) is 11.9 Å². The summed E-state index contributed by atoms with van der Waals surface area (Å²) in [6, 6.07) is 12.3. The van der Waals surface area contributed by atoms with Crippen molar-refractivity contribution in [1.29, 1.82) is 0 Å². The van der Waals surface area contributed by atoms with Crippen molar-refractivity contribution in [1.82, 2.24) is 25.5 Å². The Hall–Kier alpha value is -5.18. The maximum Gasteiger partial charge on any atom is 0.249 e. The standard InChI is InChI=1S/C43H53F2N9O4/c44-34-25-31(47-36-12-14-38(55)50-42(36)58)11-13-37(34)53-22-17-32(18-23-53)52-20-15-27(16-21-52)41(57)48-29-7-9-30(10-8-29)49-43-46-26-35(45)40(51-43)28-4-3-5-33(24-28)54-19-2-1-6-39(54)56/h3-5,11,13,24-27,29-30,32,36,47H,1-2,6-10,12,14-23H2,(H,48,57)(H,46,49,51)(H,50,55,58). The van der Waals surface area contributed by atoms with E-state index >= 15 is 4.39 Å². The van der Waals surface area contributed by atoms with E-state index < -0.39 is 11.9 Å². The van der Waals surface area contributed by atoms with Crippen LogP contribution in [0.5, 0.6) is 0 Å². The van der Waals surface area contributed by atoms with Gasteiger partial charge in [0, 0.05) is 73.5 Å². The lowest BCUT2D eigenvalue weighted by Crippen LogP contribution is -2.50. The monoisotopic (exact) mass is 797 g/mol. The summed E-state index contributed by atoms with van der Waals surface area (Å²) in [5.74, 6) is -0.954. The van der Waals surface area contributed by atoms with Gasteiger partial charge in [0.2, 0.25) is 29.6 Å². The van der Waals surface area contributed by atoms with Crippen LogP contribution < -0.4 is 31.1 Å². The molecule has 1 aliphatic carbocycles. The molecular formula is C43H53F2N9O4. The number of rotatable bonds is 10. The maximum atomic E-state index is 15.2. The van der Waals surface area contributed by atoms with Crippen molar-refractivity contribution < 1.29 is 28.0 Å². The molecule has 2 aromatic carbocycles. The molecule has 0 radical (unpaired) electrons. The third kappa shape index (κ3) is 9.24. The molecule has 5 heterocycles. The lowest BCUT2D eigenvalue weighted by atomic mass is 9.89. The summed E-state index contributed by atoms with van der Waals surface area (Å²) >= 11 is 0. The van der Waals surface area contributed by atoms with Crippen LogP contribution in [-0.4, -0.2) is 95.4 Å². The molecule has 58 heavy (non-hydrogen) atoms. The highest BCUT2D eigenvalue weighted by Crippen LogP contribution is 2.32. The van der Waals surface area contributed by atoms with Gasteiger partial charge in [-0.1, -0.05) is 12.1 Å². The molecule has 4 N–H and O–H groups in total. The highest BCUT2D eigenvalue weighted by Gasteiger charge is 2.33. The number of imide groups is 1. The fourth-order valence-electron chi connectivity index (χ4n) is 9.31. The van der Waals surface area contributed by atoms with E-state index in [1.165, 1.54) is 12.3 Å². The zero-order chi connectivity index (χ0) is 40.2. The fourth-order valence-corrected chi connectivity index (χ4v) is 9.31. The summed E-state index contributed by atoms with van der Waals surface area (Å²) in [4.78, 5) is 64.5. The van der Waals surface area contributed by atoms with Gasteiger partial charge in [-0.3, -0.25) is 24.5 Å². The molecule has 15 heteroatoms. The molecule has 1 saturated carbocycles. The summed E-state index contributed by atoms with van der Waals surface area (Å²) in [7, 11) is 0. The fraction of sp³-hybridized carbons (Fsp3) is 0.535. The Labute approximate surface area is 337 Å². The number of nitrogens with zero attached hydrogens (tertiary/aromatic N) is 5. The van der Waals surface area contributed by atoms with Crippen LogP contribution >= 0.6 is 0 Å². The van der Waals surface area contributed by atoms with Crippen molar-refractivity contribution in [3.8, 4) is 11.3 Å². The first kappa shape index (κ1) is 39.6. The zero-order valence-electron chi connectivity index (χ0n) is 32.9. The van der Waals surface area contributed by atoms with Crippen molar-refractivity contribution in [3.05, 3.63) is 60.3 Å². The second-order valence-corrected chi connectivity index (χ2v) is 16.5. The summed E-state index contributed by atoms with van der Waals surface area (Å²) in [5.41, 5.74) is 2.61. The van der Waals surface area contributed by atoms with Crippen LogP contribution in [0, 0.1) is 17.6 Å². The van der Waals surface area contributed by atoms with Gasteiger partial charge >= 0.3 is 0 Å². The third-order valence-electron chi connectivity index (χ3n) is 12.7. The van der Waals surface area contributed by atoms with Gasteiger partial charge in [-0.25, -0.2) is 18.7 Å². The number of carbonyl (C=O) groups is 4. The highest BCUT2D eigenvalue weighted by molar-refractivity contribution is 6.01. The van der Waals surface area contributed by atoms with Gasteiger partial charge in [0.1, 0.15) is 17.6 Å². The van der Waals surface area contributed by atoms with Crippen LogP contribution in [-0.2, 0) is 19.2 Å². The van der Waals surface area contributed by atoms with Crippen molar-refractivity contribution in [2.24, 2.45) is 5.92 Å². The predicted octanol–water partition coefficient (Wildman–Crippen LogP) is 5.38. The molecule has 4 saturated heterocycles. The smallest absolute Gasteiger partial charge is 0.249 e. The summed E-state index contributed by atoms with van der Waals surface area (Å²) in [6.45, 7) is 3.88. The van der Waals surface area contributed by atoms with E-state index in [0.717, 1.165) is 96.1 Å². The largest absolute Gasteiger partial charge is 0.374 e. The minimum atomic E-state index is -0.561. The first-order chi connectivity index (χ1) is 28.2. The normalized spacial score (nSPS) is 24.0. The second-order valence-electron chi connectivity index (χ2n) is 16.5. The number of amides is 4.